The minimum Gasteiger partial charge on any atom is -0.490 e. The summed E-state index contributed by atoms with van der Waals surface area (Å²) in [5, 5.41) is 1.43. The Morgan fingerprint density at radius 1 is 0.962 bits per heavy atom. The zero-order chi connectivity index (χ0) is 18.3. The van der Waals surface area contributed by atoms with E-state index >= 15 is 0 Å². The molecule has 0 bridgehead atoms. The van der Waals surface area contributed by atoms with Crippen molar-refractivity contribution in [3.8, 4) is 11.5 Å². The van der Waals surface area contributed by atoms with E-state index in [9.17, 15) is 8.78 Å². The van der Waals surface area contributed by atoms with E-state index in [1.165, 1.54) is 0 Å². The topological polar surface area (TPSA) is 18.5 Å². The van der Waals surface area contributed by atoms with Crippen LogP contribution in [0.3, 0.4) is 0 Å². The summed E-state index contributed by atoms with van der Waals surface area (Å²) >= 11 is 1.12. The lowest BCUT2D eigenvalue weighted by molar-refractivity contribution is 0.278. The van der Waals surface area contributed by atoms with Gasteiger partial charge in [0.05, 0.1) is 22.6 Å². The van der Waals surface area contributed by atoms with Gasteiger partial charge < -0.3 is 9.47 Å². The molecule has 3 aromatic rings. The molecule has 1 heterocycles. The van der Waals surface area contributed by atoms with Gasteiger partial charge in [0.25, 0.3) is 0 Å². The van der Waals surface area contributed by atoms with Crippen LogP contribution in [0.15, 0.2) is 24.3 Å². The highest BCUT2D eigenvalue weighted by Crippen LogP contribution is 2.42. The lowest BCUT2D eigenvalue weighted by Gasteiger charge is -2.09. The van der Waals surface area contributed by atoms with Crippen LogP contribution in [0.5, 0.6) is 11.5 Å². The fourth-order valence-electron chi connectivity index (χ4n) is 2.92. The van der Waals surface area contributed by atoms with Crippen LogP contribution in [-0.2, 0) is 0 Å². The SMILES string of the molecule is CC(C)CCOc1ccc2c(sc3c(F)c(OCC4CC4)ccc32)c1F. The first-order chi connectivity index (χ1) is 12.5. The molecule has 1 aromatic heterocycles. The summed E-state index contributed by atoms with van der Waals surface area (Å²) in [6, 6.07) is 6.92. The number of hydrogen-bond acceptors (Lipinski definition) is 3. The first-order valence-corrected chi connectivity index (χ1v) is 9.95. The van der Waals surface area contributed by atoms with Gasteiger partial charge >= 0.3 is 0 Å². The van der Waals surface area contributed by atoms with E-state index in [-0.39, 0.29) is 11.5 Å². The van der Waals surface area contributed by atoms with Crippen LogP contribution in [-0.4, -0.2) is 13.2 Å². The molecule has 0 amide bonds. The van der Waals surface area contributed by atoms with Crippen molar-refractivity contribution in [2.24, 2.45) is 11.8 Å². The number of fused-ring (bicyclic) bond motifs is 3. The molecule has 1 aliphatic carbocycles. The largest absolute Gasteiger partial charge is 0.490 e. The lowest BCUT2D eigenvalue weighted by atomic mass is 10.1. The van der Waals surface area contributed by atoms with Crippen molar-refractivity contribution in [2.45, 2.75) is 33.1 Å². The number of ether oxygens (including phenoxy) is 2. The lowest BCUT2D eigenvalue weighted by Crippen LogP contribution is -2.02. The van der Waals surface area contributed by atoms with Crippen LogP contribution < -0.4 is 9.47 Å². The monoisotopic (exact) mass is 376 g/mol. The molecule has 0 saturated heterocycles. The molecule has 2 aromatic carbocycles. The van der Waals surface area contributed by atoms with Crippen LogP contribution in [0.25, 0.3) is 20.2 Å². The predicted molar refractivity (Wildman–Crippen MR) is 102 cm³/mol. The van der Waals surface area contributed by atoms with Crippen LogP contribution in [0.4, 0.5) is 8.78 Å². The molecule has 5 heteroatoms. The van der Waals surface area contributed by atoms with Crippen LogP contribution in [0, 0.1) is 23.5 Å². The zero-order valence-corrected chi connectivity index (χ0v) is 15.8. The molecule has 1 fully saturated rings. The number of rotatable bonds is 7. The Kier molecular flexibility index (Phi) is 4.74. The quantitative estimate of drug-likeness (QED) is 0.466. The molecule has 4 rings (SSSR count). The third kappa shape index (κ3) is 3.37. The highest BCUT2D eigenvalue weighted by molar-refractivity contribution is 7.25. The van der Waals surface area contributed by atoms with Crippen molar-refractivity contribution in [2.75, 3.05) is 13.2 Å². The molecular weight excluding hydrogens is 354 g/mol. The molecule has 0 atom stereocenters. The molecular formula is C21H22F2O2S. The predicted octanol–water partition coefficient (Wildman–Crippen LogP) is 6.55. The van der Waals surface area contributed by atoms with Crippen LogP contribution in [0.1, 0.15) is 33.1 Å². The molecule has 1 aliphatic rings. The minimum absolute atomic E-state index is 0.232. The third-order valence-electron chi connectivity index (χ3n) is 4.74. The van der Waals surface area contributed by atoms with Crippen molar-refractivity contribution in [1.82, 2.24) is 0 Å². The van der Waals surface area contributed by atoms with Gasteiger partial charge in [-0.15, -0.1) is 11.3 Å². The number of halogens is 2. The summed E-state index contributed by atoms with van der Waals surface area (Å²) in [7, 11) is 0. The molecule has 26 heavy (non-hydrogen) atoms. The Bertz CT molecular complexity index is 944. The average molecular weight is 376 g/mol. The highest BCUT2D eigenvalue weighted by Gasteiger charge is 2.23. The fraction of sp³-hybridized carbons (Fsp3) is 0.429. The number of benzene rings is 2. The van der Waals surface area contributed by atoms with E-state index in [1.807, 2.05) is 12.1 Å². The molecule has 1 saturated carbocycles. The Balaban J connectivity index is 1.68. The van der Waals surface area contributed by atoms with E-state index in [0.717, 1.165) is 30.6 Å². The van der Waals surface area contributed by atoms with Gasteiger partial charge in [-0.25, -0.2) is 8.78 Å². The van der Waals surface area contributed by atoms with E-state index in [2.05, 4.69) is 13.8 Å². The van der Waals surface area contributed by atoms with Gasteiger partial charge in [-0.3, -0.25) is 0 Å². The first kappa shape index (κ1) is 17.5. The van der Waals surface area contributed by atoms with Gasteiger partial charge in [-0.2, -0.15) is 0 Å². The first-order valence-electron chi connectivity index (χ1n) is 9.13. The maximum Gasteiger partial charge on any atom is 0.182 e. The minimum atomic E-state index is -0.410. The summed E-state index contributed by atoms with van der Waals surface area (Å²) in [5.41, 5.74) is 0. The molecule has 2 nitrogen and oxygen atoms in total. The van der Waals surface area contributed by atoms with Crippen molar-refractivity contribution in [3.05, 3.63) is 35.9 Å². The molecule has 0 N–H and O–H groups in total. The Labute approximate surface area is 155 Å². The second-order valence-corrected chi connectivity index (χ2v) is 8.42. The Hall–Kier alpha value is -1.88. The van der Waals surface area contributed by atoms with Gasteiger partial charge in [-0.05, 0) is 55.4 Å². The third-order valence-corrected chi connectivity index (χ3v) is 5.95. The standard InChI is InChI=1S/C21H22F2O2S/c1-12(2)9-10-24-16-7-5-14-15-6-8-17(25-11-13-3-4-13)19(23)21(15)26-20(14)18(16)22/h5-8,12-13H,3-4,9-11H2,1-2H3. The second kappa shape index (κ2) is 7.03. The van der Waals surface area contributed by atoms with Gasteiger partial charge in [0.15, 0.2) is 23.1 Å². The average Bonchev–Trinajstić information content (AvgIpc) is 3.35. The Morgan fingerprint density at radius 2 is 1.54 bits per heavy atom. The van der Waals surface area contributed by atoms with Crippen molar-refractivity contribution in [3.63, 3.8) is 0 Å². The zero-order valence-electron chi connectivity index (χ0n) is 15.0. The van der Waals surface area contributed by atoms with E-state index in [1.54, 1.807) is 12.1 Å². The van der Waals surface area contributed by atoms with Crippen molar-refractivity contribution >= 4 is 31.5 Å². The summed E-state index contributed by atoms with van der Waals surface area (Å²) in [6.45, 7) is 5.22. The fourth-order valence-corrected chi connectivity index (χ4v) is 4.08. The van der Waals surface area contributed by atoms with Crippen molar-refractivity contribution in [1.29, 1.82) is 0 Å². The highest BCUT2D eigenvalue weighted by atomic mass is 32.1. The molecule has 0 spiro atoms. The maximum absolute atomic E-state index is 14.9. The summed E-state index contributed by atoms with van der Waals surface area (Å²) in [6.07, 6.45) is 3.16. The number of hydrogen-bond donors (Lipinski definition) is 0. The normalized spacial score (nSPS) is 14.5. The van der Waals surface area contributed by atoms with E-state index < -0.39 is 11.6 Å². The summed E-state index contributed by atoms with van der Waals surface area (Å²) in [4.78, 5) is 0. The molecule has 0 aliphatic heterocycles. The van der Waals surface area contributed by atoms with Crippen molar-refractivity contribution < 1.29 is 18.3 Å². The van der Waals surface area contributed by atoms with Gasteiger partial charge in [0.1, 0.15) is 0 Å². The second-order valence-electron chi connectivity index (χ2n) is 7.40. The van der Waals surface area contributed by atoms with E-state index in [0.29, 0.717) is 45.2 Å². The van der Waals surface area contributed by atoms with Crippen LogP contribution >= 0.6 is 11.3 Å². The molecule has 0 radical (unpaired) electrons. The van der Waals surface area contributed by atoms with E-state index in [4.69, 9.17) is 9.47 Å². The van der Waals surface area contributed by atoms with Gasteiger partial charge in [0, 0.05) is 10.8 Å². The number of thiophene rings is 1. The molecule has 138 valence electrons. The molecule has 0 unspecified atom stereocenters. The Morgan fingerprint density at radius 3 is 2.08 bits per heavy atom. The van der Waals surface area contributed by atoms with Crippen LogP contribution in [0.2, 0.25) is 0 Å². The van der Waals surface area contributed by atoms with Gasteiger partial charge in [-0.1, -0.05) is 13.8 Å². The summed E-state index contributed by atoms with van der Waals surface area (Å²) in [5.74, 6) is 0.725. The summed E-state index contributed by atoms with van der Waals surface area (Å²) < 4.78 is 41.8. The van der Waals surface area contributed by atoms with Gasteiger partial charge in [0.2, 0.25) is 0 Å². The smallest absolute Gasteiger partial charge is 0.182 e. The maximum atomic E-state index is 14.9.